The van der Waals surface area contributed by atoms with Crippen LogP contribution in [0.2, 0.25) is 0 Å². The summed E-state index contributed by atoms with van der Waals surface area (Å²) in [6.45, 7) is 0.570. The van der Waals surface area contributed by atoms with Crippen LogP contribution in [0.4, 0.5) is 10.5 Å². The van der Waals surface area contributed by atoms with Gasteiger partial charge in [-0.05, 0) is 30.5 Å². The van der Waals surface area contributed by atoms with Gasteiger partial charge in [-0.25, -0.2) is 4.79 Å². The predicted molar refractivity (Wildman–Crippen MR) is 87.6 cm³/mol. The van der Waals surface area contributed by atoms with E-state index in [0.717, 1.165) is 24.1 Å². The first-order valence-corrected chi connectivity index (χ1v) is 7.96. The highest BCUT2D eigenvalue weighted by atomic mass is 16.2. The molecule has 0 atom stereocenters. The Morgan fingerprint density at radius 3 is 2.57 bits per heavy atom. The average molecular weight is 289 g/mol. The highest BCUT2D eigenvalue weighted by Gasteiger charge is 2.14. The van der Waals surface area contributed by atoms with Gasteiger partial charge in [0, 0.05) is 32.4 Å². The van der Waals surface area contributed by atoms with Gasteiger partial charge in [0.2, 0.25) is 0 Å². The molecule has 1 saturated carbocycles. The highest BCUT2D eigenvalue weighted by molar-refractivity contribution is 5.74. The van der Waals surface area contributed by atoms with Crippen LogP contribution in [0, 0.1) is 0 Å². The lowest BCUT2D eigenvalue weighted by Crippen LogP contribution is -2.41. The molecule has 0 saturated heterocycles. The first kappa shape index (κ1) is 15.7. The molecular formula is C17H27N3O. The molecule has 2 amide bonds. The molecule has 1 aromatic rings. The van der Waals surface area contributed by atoms with Crippen molar-refractivity contribution in [2.24, 2.45) is 0 Å². The van der Waals surface area contributed by atoms with E-state index in [1.54, 1.807) is 0 Å². The van der Waals surface area contributed by atoms with Crippen LogP contribution in [-0.2, 0) is 6.54 Å². The molecule has 1 aromatic carbocycles. The van der Waals surface area contributed by atoms with E-state index in [-0.39, 0.29) is 6.03 Å². The number of nitrogens with one attached hydrogen (secondary N) is 2. The van der Waals surface area contributed by atoms with Crippen LogP contribution in [0.5, 0.6) is 0 Å². The quantitative estimate of drug-likeness (QED) is 0.836. The van der Waals surface area contributed by atoms with E-state index in [9.17, 15) is 4.79 Å². The van der Waals surface area contributed by atoms with Crippen LogP contribution in [0.25, 0.3) is 0 Å². The Labute approximate surface area is 127 Å². The van der Waals surface area contributed by atoms with Gasteiger partial charge in [-0.1, -0.05) is 37.8 Å². The largest absolute Gasteiger partial charge is 0.378 e. The zero-order valence-electron chi connectivity index (χ0n) is 13.2. The number of carbonyl (C=O) groups is 1. The van der Waals surface area contributed by atoms with Crippen LogP contribution < -0.4 is 15.5 Å². The van der Waals surface area contributed by atoms with Gasteiger partial charge in [-0.15, -0.1) is 0 Å². The molecule has 0 heterocycles. The molecule has 1 aliphatic carbocycles. The summed E-state index contributed by atoms with van der Waals surface area (Å²) in [4.78, 5) is 14.0. The molecule has 2 rings (SSSR count). The van der Waals surface area contributed by atoms with Crippen molar-refractivity contribution >= 4 is 11.7 Å². The third-order valence-electron chi connectivity index (χ3n) is 4.07. The van der Waals surface area contributed by atoms with E-state index in [0.29, 0.717) is 12.6 Å². The zero-order chi connectivity index (χ0) is 15.1. The van der Waals surface area contributed by atoms with Crippen LogP contribution >= 0.6 is 0 Å². The second-order valence-corrected chi connectivity index (χ2v) is 6.08. The molecule has 0 aromatic heterocycles. The van der Waals surface area contributed by atoms with Crippen LogP contribution in [0.3, 0.4) is 0 Å². The maximum Gasteiger partial charge on any atom is 0.315 e. The van der Waals surface area contributed by atoms with Gasteiger partial charge in [-0.2, -0.15) is 0 Å². The van der Waals surface area contributed by atoms with E-state index in [1.807, 2.05) is 26.2 Å². The molecule has 1 aliphatic rings. The van der Waals surface area contributed by atoms with Crippen molar-refractivity contribution in [3.63, 3.8) is 0 Å². The van der Waals surface area contributed by atoms with Gasteiger partial charge in [0.05, 0.1) is 0 Å². The molecule has 0 bridgehead atoms. The van der Waals surface area contributed by atoms with Crippen molar-refractivity contribution < 1.29 is 4.79 Å². The van der Waals surface area contributed by atoms with Crippen LogP contribution in [0.1, 0.15) is 44.1 Å². The SMILES string of the molecule is CN(C)c1cccc(CNC(=O)NC2CCCCCC2)c1. The topological polar surface area (TPSA) is 44.4 Å². The highest BCUT2D eigenvalue weighted by Crippen LogP contribution is 2.17. The van der Waals surface area contributed by atoms with Gasteiger partial charge < -0.3 is 15.5 Å². The van der Waals surface area contributed by atoms with E-state index < -0.39 is 0 Å². The summed E-state index contributed by atoms with van der Waals surface area (Å²) in [6, 6.07) is 8.54. The summed E-state index contributed by atoms with van der Waals surface area (Å²) in [6.07, 6.45) is 7.30. The lowest BCUT2D eigenvalue weighted by Gasteiger charge is -2.17. The fourth-order valence-corrected chi connectivity index (χ4v) is 2.79. The number of nitrogens with zero attached hydrogens (tertiary/aromatic N) is 1. The van der Waals surface area contributed by atoms with Crippen molar-refractivity contribution in [1.82, 2.24) is 10.6 Å². The van der Waals surface area contributed by atoms with Crippen molar-refractivity contribution in [2.75, 3.05) is 19.0 Å². The maximum atomic E-state index is 12.0. The Morgan fingerprint density at radius 1 is 1.19 bits per heavy atom. The van der Waals surface area contributed by atoms with Crippen molar-refractivity contribution in [2.45, 2.75) is 51.1 Å². The lowest BCUT2D eigenvalue weighted by atomic mass is 10.1. The van der Waals surface area contributed by atoms with Crippen LogP contribution in [-0.4, -0.2) is 26.2 Å². The minimum Gasteiger partial charge on any atom is -0.378 e. The number of carbonyl (C=O) groups excluding carboxylic acids is 1. The summed E-state index contributed by atoms with van der Waals surface area (Å²) < 4.78 is 0. The molecule has 4 heteroatoms. The Balaban J connectivity index is 1.79. The summed E-state index contributed by atoms with van der Waals surface area (Å²) in [7, 11) is 4.04. The normalized spacial score (nSPS) is 16.1. The minimum absolute atomic E-state index is 0.0443. The molecule has 4 nitrogen and oxygen atoms in total. The van der Waals surface area contributed by atoms with E-state index in [4.69, 9.17) is 0 Å². The third-order valence-corrected chi connectivity index (χ3v) is 4.07. The molecule has 116 valence electrons. The van der Waals surface area contributed by atoms with Crippen LogP contribution in [0.15, 0.2) is 24.3 Å². The molecule has 1 fully saturated rings. The first-order chi connectivity index (χ1) is 10.1. The molecular weight excluding hydrogens is 262 g/mol. The first-order valence-electron chi connectivity index (χ1n) is 7.96. The number of hydrogen-bond donors (Lipinski definition) is 2. The molecule has 21 heavy (non-hydrogen) atoms. The van der Waals surface area contributed by atoms with Crippen molar-refractivity contribution in [3.8, 4) is 0 Å². The standard InChI is InChI=1S/C17H27N3O/c1-20(2)16-11-7-8-14(12-16)13-18-17(21)19-15-9-5-3-4-6-10-15/h7-8,11-12,15H,3-6,9-10,13H2,1-2H3,(H2,18,19,21). The van der Waals surface area contributed by atoms with Crippen molar-refractivity contribution in [3.05, 3.63) is 29.8 Å². The molecule has 0 spiro atoms. The summed E-state index contributed by atoms with van der Waals surface area (Å²) in [5.74, 6) is 0. The van der Waals surface area contributed by atoms with E-state index >= 15 is 0 Å². The zero-order valence-corrected chi connectivity index (χ0v) is 13.2. The monoisotopic (exact) mass is 289 g/mol. The van der Waals surface area contributed by atoms with Crippen molar-refractivity contribution in [1.29, 1.82) is 0 Å². The van der Waals surface area contributed by atoms with E-state index in [1.165, 1.54) is 25.7 Å². The average Bonchev–Trinajstić information content (AvgIpc) is 2.74. The second-order valence-electron chi connectivity index (χ2n) is 6.08. The maximum absolute atomic E-state index is 12.0. The number of hydrogen-bond acceptors (Lipinski definition) is 2. The Hall–Kier alpha value is -1.71. The molecule has 2 N–H and O–H groups in total. The Bertz CT molecular complexity index is 451. The minimum atomic E-state index is -0.0443. The number of amides is 2. The fourth-order valence-electron chi connectivity index (χ4n) is 2.79. The van der Waals surface area contributed by atoms with Gasteiger partial charge >= 0.3 is 6.03 Å². The lowest BCUT2D eigenvalue weighted by molar-refractivity contribution is 0.235. The number of rotatable bonds is 4. The van der Waals surface area contributed by atoms with Gasteiger partial charge in [0.1, 0.15) is 0 Å². The molecule has 0 aliphatic heterocycles. The molecule has 0 unspecified atom stereocenters. The third kappa shape index (κ3) is 5.29. The number of urea groups is 1. The Kier molecular flexibility index (Phi) is 5.90. The summed E-state index contributed by atoms with van der Waals surface area (Å²) in [5.41, 5.74) is 2.27. The fraction of sp³-hybridized carbons (Fsp3) is 0.588. The predicted octanol–water partition coefficient (Wildman–Crippen LogP) is 3.27. The van der Waals surface area contributed by atoms with Gasteiger partial charge in [0.15, 0.2) is 0 Å². The molecule has 0 radical (unpaired) electrons. The second kappa shape index (κ2) is 7.91. The van der Waals surface area contributed by atoms with Gasteiger partial charge in [0.25, 0.3) is 0 Å². The van der Waals surface area contributed by atoms with E-state index in [2.05, 4.69) is 27.7 Å². The number of benzene rings is 1. The Morgan fingerprint density at radius 2 is 1.90 bits per heavy atom. The van der Waals surface area contributed by atoms with Gasteiger partial charge in [-0.3, -0.25) is 0 Å². The summed E-state index contributed by atoms with van der Waals surface area (Å²) in [5, 5.41) is 6.07. The number of anilines is 1. The summed E-state index contributed by atoms with van der Waals surface area (Å²) >= 11 is 0. The smallest absolute Gasteiger partial charge is 0.315 e.